The van der Waals surface area contributed by atoms with Gasteiger partial charge in [0.2, 0.25) is 5.76 Å². The Balaban J connectivity index is 1.28. The highest BCUT2D eigenvalue weighted by Gasteiger charge is 2.22. The number of aromatic hydroxyl groups is 1. The van der Waals surface area contributed by atoms with Gasteiger partial charge in [0.15, 0.2) is 17.2 Å². The number of anilines is 1. The summed E-state index contributed by atoms with van der Waals surface area (Å²) in [4.78, 5) is 12.9. The number of hydrogen-bond donors (Lipinski definition) is 2. The van der Waals surface area contributed by atoms with Gasteiger partial charge in [-0.3, -0.25) is 4.79 Å². The van der Waals surface area contributed by atoms with Crippen LogP contribution >= 0.6 is 0 Å². The Morgan fingerprint density at radius 2 is 1.57 bits per heavy atom. The number of nitrogens with one attached hydrogen (secondary N) is 1. The lowest BCUT2D eigenvalue weighted by atomic mass is 10.0. The molecule has 5 rings (SSSR count). The lowest BCUT2D eigenvalue weighted by molar-refractivity contribution is 0.0995. The molecule has 0 saturated heterocycles. The molecule has 0 unspecified atom stereocenters. The van der Waals surface area contributed by atoms with E-state index in [2.05, 4.69) is 5.32 Å². The Labute approximate surface area is 202 Å². The van der Waals surface area contributed by atoms with Crippen LogP contribution in [0.3, 0.4) is 0 Å². The molecule has 0 atom stereocenters. The van der Waals surface area contributed by atoms with Gasteiger partial charge in [-0.1, -0.05) is 48.5 Å². The number of hydrogen-bond acceptors (Lipinski definition) is 5. The second-order valence-electron chi connectivity index (χ2n) is 8.28. The van der Waals surface area contributed by atoms with Crippen molar-refractivity contribution in [1.29, 1.82) is 0 Å². The minimum Gasteiger partial charge on any atom is -0.504 e. The third-order valence-corrected chi connectivity index (χ3v) is 6.12. The summed E-state index contributed by atoms with van der Waals surface area (Å²) < 4.78 is 16.4. The highest BCUT2D eigenvalue weighted by Crippen LogP contribution is 2.37. The number of benzene rings is 4. The van der Waals surface area contributed by atoms with Crippen molar-refractivity contribution in [3.05, 3.63) is 95.7 Å². The Bertz CT molecular complexity index is 1520. The molecular formula is C29H25NO5. The van der Waals surface area contributed by atoms with Crippen LogP contribution in [0.1, 0.15) is 21.7 Å². The van der Waals surface area contributed by atoms with Gasteiger partial charge in [0, 0.05) is 5.69 Å². The van der Waals surface area contributed by atoms with Crippen LogP contribution in [0, 0.1) is 0 Å². The number of carbonyl (C=O) groups is 1. The molecule has 6 heteroatoms. The fourth-order valence-electron chi connectivity index (χ4n) is 4.27. The van der Waals surface area contributed by atoms with Gasteiger partial charge in [-0.25, -0.2) is 0 Å². The van der Waals surface area contributed by atoms with Gasteiger partial charge in [-0.15, -0.1) is 0 Å². The fourth-order valence-corrected chi connectivity index (χ4v) is 4.27. The molecule has 35 heavy (non-hydrogen) atoms. The number of amides is 1. The number of carbonyl (C=O) groups excluding carboxylic acids is 1. The topological polar surface area (TPSA) is 80.9 Å². The van der Waals surface area contributed by atoms with Crippen molar-refractivity contribution in [3.8, 4) is 17.2 Å². The van der Waals surface area contributed by atoms with E-state index in [1.165, 1.54) is 0 Å². The van der Waals surface area contributed by atoms with Crippen molar-refractivity contribution in [2.24, 2.45) is 0 Å². The first-order chi connectivity index (χ1) is 17.1. The van der Waals surface area contributed by atoms with Crippen molar-refractivity contribution in [2.45, 2.75) is 12.8 Å². The monoisotopic (exact) mass is 467 g/mol. The van der Waals surface area contributed by atoms with Crippen LogP contribution in [0.4, 0.5) is 5.69 Å². The molecule has 176 valence electrons. The Morgan fingerprint density at radius 3 is 2.34 bits per heavy atom. The first-order valence-corrected chi connectivity index (χ1v) is 11.3. The Morgan fingerprint density at radius 1 is 0.857 bits per heavy atom. The van der Waals surface area contributed by atoms with Crippen molar-refractivity contribution in [2.75, 3.05) is 19.5 Å². The highest BCUT2D eigenvalue weighted by molar-refractivity contribution is 6.15. The van der Waals surface area contributed by atoms with Crippen LogP contribution in [0.15, 0.2) is 83.3 Å². The van der Waals surface area contributed by atoms with Crippen LogP contribution in [-0.2, 0) is 12.8 Å². The van der Waals surface area contributed by atoms with Gasteiger partial charge in [-0.05, 0) is 65.1 Å². The summed E-state index contributed by atoms with van der Waals surface area (Å²) in [5.41, 5.74) is 3.37. The summed E-state index contributed by atoms with van der Waals surface area (Å²) in [5, 5.41) is 15.9. The molecule has 0 aliphatic rings. The van der Waals surface area contributed by atoms with E-state index in [-0.39, 0.29) is 11.5 Å². The summed E-state index contributed by atoms with van der Waals surface area (Å²) in [6, 6.07) is 24.9. The number of rotatable bonds is 7. The predicted molar refractivity (Wildman–Crippen MR) is 137 cm³/mol. The molecule has 0 aliphatic carbocycles. The third kappa shape index (κ3) is 4.38. The van der Waals surface area contributed by atoms with Gasteiger partial charge in [0.25, 0.3) is 5.91 Å². The number of ether oxygens (including phenoxy) is 2. The second-order valence-corrected chi connectivity index (χ2v) is 8.28. The normalized spacial score (nSPS) is 11.0. The average molecular weight is 468 g/mol. The van der Waals surface area contributed by atoms with Crippen LogP contribution in [0.2, 0.25) is 0 Å². The smallest absolute Gasteiger partial charge is 0.295 e. The van der Waals surface area contributed by atoms with Crippen LogP contribution in [0.25, 0.3) is 21.7 Å². The Kier molecular flexibility index (Phi) is 6.02. The zero-order chi connectivity index (χ0) is 24.4. The number of aryl methyl sites for hydroxylation is 2. The fraction of sp³-hybridized carbons (Fsp3) is 0.138. The predicted octanol–water partition coefficient (Wildman–Crippen LogP) is 6.35. The molecule has 4 aromatic carbocycles. The summed E-state index contributed by atoms with van der Waals surface area (Å²) in [6.45, 7) is 0. The maximum Gasteiger partial charge on any atom is 0.295 e. The second kappa shape index (κ2) is 9.43. The van der Waals surface area contributed by atoms with E-state index in [4.69, 9.17) is 13.9 Å². The number of furan rings is 1. The molecule has 1 aromatic heterocycles. The first kappa shape index (κ1) is 22.3. The molecule has 0 radical (unpaired) electrons. The van der Waals surface area contributed by atoms with Gasteiger partial charge in [0.1, 0.15) is 5.58 Å². The van der Waals surface area contributed by atoms with Crippen LogP contribution in [-0.4, -0.2) is 25.2 Å². The van der Waals surface area contributed by atoms with Gasteiger partial charge < -0.3 is 24.3 Å². The van der Waals surface area contributed by atoms with E-state index in [9.17, 15) is 9.90 Å². The minimum atomic E-state index is -0.499. The molecule has 6 nitrogen and oxygen atoms in total. The van der Waals surface area contributed by atoms with Crippen LogP contribution < -0.4 is 14.8 Å². The molecule has 2 N–H and O–H groups in total. The van der Waals surface area contributed by atoms with Crippen molar-refractivity contribution >= 4 is 33.3 Å². The molecule has 5 aromatic rings. The third-order valence-electron chi connectivity index (χ3n) is 6.12. The molecule has 0 saturated carbocycles. The molecule has 0 bridgehead atoms. The molecule has 0 aliphatic heterocycles. The zero-order valence-electron chi connectivity index (χ0n) is 19.5. The van der Waals surface area contributed by atoms with E-state index < -0.39 is 5.91 Å². The molecule has 1 amide bonds. The van der Waals surface area contributed by atoms with Crippen LogP contribution in [0.5, 0.6) is 17.2 Å². The number of methoxy groups -OCH3 is 2. The quantitative estimate of drug-likeness (QED) is 0.292. The molecule has 0 spiro atoms. The van der Waals surface area contributed by atoms with Crippen molar-refractivity contribution < 1.29 is 23.8 Å². The summed E-state index contributed by atoms with van der Waals surface area (Å²) >= 11 is 0. The molecular weight excluding hydrogens is 442 g/mol. The van der Waals surface area contributed by atoms with Gasteiger partial charge >= 0.3 is 0 Å². The lowest BCUT2D eigenvalue weighted by Crippen LogP contribution is -2.11. The summed E-state index contributed by atoms with van der Waals surface area (Å²) in [6.07, 6.45) is 1.67. The largest absolute Gasteiger partial charge is 0.504 e. The maximum absolute atomic E-state index is 12.9. The molecule has 1 heterocycles. The van der Waals surface area contributed by atoms with E-state index >= 15 is 0 Å². The van der Waals surface area contributed by atoms with E-state index in [1.54, 1.807) is 20.3 Å². The van der Waals surface area contributed by atoms with Gasteiger partial charge in [-0.2, -0.15) is 0 Å². The van der Waals surface area contributed by atoms with Crippen molar-refractivity contribution in [3.63, 3.8) is 0 Å². The summed E-state index contributed by atoms with van der Waals surface area (Å²) in [7, 11) is 3.25. The maximum atomic E-state index is 12.9. The first-order valence-electron chi connectivity index (χ1n) is 11.3. The molecule has 0 fully saturated rings. The van der Waals surface area contributed by atoms with Crippen molar-refractivity contribution in [1.82, 2.24) is 0 Å². The zero-order valence-corrected chi connectivity index (χ0v) is 19.5. The average Bonchev–Trinajstić information content (AvgIpc) is 3.25. The lowest BCUT2D eigenvalue weighted by Gasteiger charge is -2.10. The highest BCUT2D eigenvalue weighted by atomic mass is 16.5. The SMILES string of the molecule is COc1ccc(CCc2ccc(NC(=O)c3oc4ccc5ccccc5c4c3O)cc2)cc1OC. The number of fused-ring (bicyclic) bond motifs is 3. The Hall–Kier alpha value is -4.45. The summed E-state index contributed by atoms with van der Waals surface area (Å²) in [5.74, 6) is 0.667. The van der Waals surface area contributed by atoms with E-state index in [0.717, 1.165) is 34.7 Å². The minimum absolute atomic E-state index is 0.103. The van der Waals surface area contributed by atoms with E-state index in [0.29, 0.717) is 28.2 Å². The van der Waals surface area contributed by atoms with Gasteiger partial charge in [0.05, 0.1) is 19.6 Å². The van der Waals surface area contributed by atoms with E-state index in [1.807, 2.05) is 72.8 Å². The standard InChI is InChI=1S/C29H25NO5/c1-33-23-15-11-19(17-25(23)34-2)8-7-18-9-13-21(14-10-18)30-29(32)28-27(31)26-22-6-4-3-5-20(22)12-16-24(26)35-28/h3-6,9-17,31H,7-8H2,1-2H3,(H,30,32).